The maximum Gasteiger partial charge on any atom is 0.237 e. The molecule has 0 aromatic carbocycles. The van der Waals surface area contributed by atoms with Crippen molar-refractivity contribution < 1.29 is 4.79 Å². The van der Waals surface area contributed by atoms with Gasteiger partial charge in [-0.3, -0.25) is 4.79 Å². The first-order valence-electron chi connectivity index (χ1n) is 6.48. The first-order valence-corrected chi connectivity index (χ1v) is 6.48. The van der Waals surface area contributed by atoms with Crippen LogP contribution in [0.3, 0.4) is 0 Å². The minimum absolute atomic E-state index is 0.0590. The molecule has 0 spiro atoms. The van der Waals surface area contributed by atoms with Crippen LogP contribution in [0.5, 0.6) is 0 Å². The van der Waals surface area contributed by atoms with Crippen molar-refractivity contribution in [2.24, 2.45) is 5.92 Å². The van der Waals surface area contributed by atoms with E-state index < -0.39 is 5.92 Å². The van der Waals surface area contributed by atoms with E-state index >= 15 is 0 Å². The summed E-state index contributed by atoms with van der Waals surface area (Å²) in [5, 5.41) is 11.9. The molecule has 0 aromatic heterocycles. The van der Waals surface area contributed by atoms with Crippen LogP contribution in [0, 0.1) is 17.2 Å². The van der Waals surface area contributed by atoms with Crippen molar-refractivity contribution in [2.75, 3.05) is 0 Å². The van der Waals surface area contributed by atoms with Crippen LogP contribution in [0.25, 0.3) is 0 Å². The lowest BCUT2D eigenvalue weighted by atomic mass is 10.0. The number of carbonyl (C=O) groups excluding carboxylic acids is 1. The number of hydrogen-bond acceptors (Lipinski definition) is 2. The van der Waals surface area contributed by atoms with E-state index in [-0.39, 0.29) is 5.91 Å². The number of hydrogen-bond donors (Lipinski definition) is 1. The fourth-order valence-electron chi connectivity index (χ4n) is 2.27. The highest BCUT2D eigenvalue weighted by Gasteiger charge is 2.20. The Labute approximate surface area is 98.2 Å². The monoisotopic (exact) mass is 222 g/mol. The fourth-order valence-corrected chi connectivity index (χ4v) is 2.27. The number of nitriles is 1. The molecule has 90 valence electrons. The number of carbonyl (C=O) groups is 1. The standard InChI is InChI=1S/C13H22N2O/c1-2-7-11(10-14)13(16)15-12-8-5-3-4-6-9-12/h11-12H,2-9H2,1H3,(H,15,16). The highest BCUT2D eigenvalue weighted by atomic mass is 16.1. The SMILES string of the molecule is CCCC(C#N)C(=O)NC1CCCCCC1. The van der Waals surface area contributed by atoms with E-state index in [1.807, 2.05) is 6.92 Å². The summed E-state index contributed by atoms with van der Waals surface area (Å²) >= 11 is 0. The molecule has 1 aliphatic carbocycles. The second-order valence-corrected chi connectivity index (χ2v) is 4.67. The molecule has 1 unspecified atom stereocenters. The Morgan fingerprint density at radius 3 is 2.50 bits per heavy atom. The zero-order chi connectivity index (χ0) is 11.8. The number of nitrogens with zero attached hydrogens (tertiary/aromatic N) is 1. The second kappa shape index (κ2) is 7.27. The molecular formula is C13H22N2O. The number of rotatable bonds is 4. The zero-order valence-electron chi connectivity index (χ0n) is 10.2. The van der Waals surface area contributed by atoms with Crippen molar-refractivity contribution in [3.63, 3.8) is 0 Å². The molecule has 1 atom stereocenters. The molecule has 1 saturated carbocycles. The average molecular weight is 222 g/mol. The van der Waals surface area contributed by atoms with Gasteiger partial charge in [-0.1, -0.05) is 39.0 Å². The second-order valence-electron chi connectivity index (χ2n) is 4.67. The summed E-state index contributed by atoms with van der Waals surface area (Å²) < 4.78 is 0. The van der Waals surface area contributed by atoms with E-state index in [2.05, 4.69) is 11.4 Å². The minimum Gasteiger partial charge on any atom is -0.352 e. The molecule has 1 fully saturated rings. The predicted octanol–water partition coefficient (Wildman–Crippen LogP) is 2.77. The summed E-state index contributed by atoms with van der Waals surface area (Å²) in [6.45, 7) is 2.00. The Balaban J connectivity index is 2.39. The van der Waals surface area contributed by atoms with Gasteiger partial charge in [0.1, 0.15) is 5.92 Å². The summed E-state index contributed by atoms with van der Waals surface area (Å²) in [6, 6.07) is 2.40. The smallest absolute Gasteiger partial charge is 0.237 e. The third-order valence-corrected chi connectivity index (χ3v) is 3.25. The molecule has 1 rings (SSSR count). The van der Waals surface area contributed by atoms with Crippen LogP contribution in [-0.4, -0.2) is 11.9 Å². The third-order valence-electron chi connectivity index (χ3n) is 3.25. The van der Waals surface area contributed by atoms with Crippen LogP contribution in [0.4, 0.5) is 0 Å². The van der Waals surface area contributed by atoms with Crippen LogP contribution in [0.15, 0.2) is 0 Å². The summed E-state index contributed by atoms with van der Waals surface area (Å²) in [5.74, 6) is -0.510. The van der Waals surface area contributed by atoms with Crippen LogP contribution in [0.2, 0.25) is 0 Å². The Morgan fingerprint density at radius 2 is 2.00 bits per heavy atom. The minimum atomic E-state index is -0.451. The van der Waals surface area contributed by atoms with Crippen LogP contribution < -0.4 is 5.32 Å². The maximum atomic E-state index is 11.8. The van der Waals surface area contributed by atoms with E-state index in [0.29, 0.717) is 12.5 Å². The lowest BCUT2D eigenvalue weighted by Crippen LogP contribution is -2.38. The molecule has 1 N–H and O–H groups in total. The van der Waals surface area contributed by atoms with Gasteiger partial charge in [-0.15, -0.1) is 0 Å². The highest BCUT2D eigenvalue weighted by molar-refractivity contribution is 5.81. The topological polar surface area (TPSA) is 52.9 Å². The quantitative estimate of drug-likeness (QED) is 0.744. The van der Waals surface area contributed by atoms with Gasteiger partial charge in [0.2, 0.25) is 5.91 Å². The van der Waals surface area contributed by atoms with Gasteiger partial charge in [0.25, 0.3) is 0 Å². The van der Waals surface area contributed by atoms with Crippen molar-refractivity contribution >= 4 is 5.91 Å². The molecule has 0 radical (unpaired) electrons. The first-order chi connectivity index (χ1) is 7.77. The van der Waals surface area contributed by atoms with Gasteiger partial charge < -0.3 is 5.32 Å². The molecular weight excluding hydrogens is 200 g/mol. The predicted molar refractivity (Wildman–Crippen MR) is 63.6 cm³/mol. The van der Waals surface area contributed by atoms with E-state index in [0.717, 1.165) is 19.3 Å². The van der Waals surface area contributed by atoms with E-state index in [1.54, 1.807) is 0 Å². The largest absolute Gasteiger partial charge is 0.352 e. The number of amides is 1. The molecule has 3 heteroatoms. The third kappa shape index (κ3) is 4.22. The molecule has 0 aromatic rings. The van der Waals surface area contributed by atoms with Gasteiger partial charge in [-0.05, 0) is 19.3 Å². The molecule has 1 aliphatic rings. The Bertz CT molecular complexity index is 249. The van der Waals surface area contributed by atoms with Gasteiger partial charge >= 0.3 is 0 Å². The summed E-state index contributed by atoms with van der Waals surface area (Å²) in [5.41, 5.74) is 0. The van der Waals surface area contributed by atoms with Gasteiger partial charge in [0, 0.05) is 6.04 Å². The van der Waals surface area contributed by atoms with Gasteiger partial charge in [0.15, 0.2) is 0 Å². The van der Waals surface area contributed by atoms with E-state index in [4.69, 9.17) is 5.26 Å². The van der Waals surface area contributed by atoms with Crippen LogP contribution in [-0.2, 0) is 4.79 Å². The lowest BCUT2D eigenvalue weighted by Gasteiger charge is -2.18. The van der Waals surface area contributed by atoms with Gasteiger partial charge in [-0.25, -0.2) is 0 Å². The molecule has 16 heavy (non-hydrogen) atoms. The van der Waals surface area contributed by atoms with E-state index in [1.165, 1.54) is 25.7 Å². The average Bonchev–Trinajstić information content (AvgIpc) is 2.54. The molecule has 0 saturated heterocycles. The zero-order valence-corrected chi connectivity index (χ0v) is 10.2. The molecule has 0 bridgehead atoms. The van der Waals surface area contributed by atoms with Crippen molar-refractivity contribution in [1.82, 2.24) is 5.32 Å². The fraction of sp³-hybridized carbons (Fsp3) is 0.846. The van der Waals surface area contributed by atoms with Gasteiger partial charge in [0.05, 0.1) is 6.07 Å². The van der Waals surface area contributed by atoms with E-state index in [9.17, 15) is 4.79 Å². The Kier molecular flexibility index (Phi) is 5.92. The summed E-state index contributed by atoms with van der Waals surface area (Å²) in [4.78, 5) is 11.8. The Hall–Kier alpha value is -1.04. The normalized spacial score (nSPS) is 19.5. The molecule has 0 aliphatic heterocycles. The first kappa shape index (κ1) is 13.0. The maximum absolute atomic E-state index is 11.8. The van der Waals surface area contributed by atoms with Crippen molar-refractivity contribution in [3.8, 4) is 6.07 Å². The van der Waals surface area contributed by atoms with Crippen molar-refractivity contribution in [3.05, 3.63) is 0 Å². The molecule has 0 heterocycles. The van der Waals surface area contributed by atoms with Gasteiger partial charge in [-0.2, -0.15) is 5.26 Å². The summed E-state index contributed by atoms with van der Waals surface area (Å²) in [7, 11) is 0. The highest BCUT2D eigenvalue weighted by Crippen LogP contribution is 2.18. The lowest BCUT2D eigenvalue weighted by molar-refractivity contribution is -0.124. The molecule has 1 amide bonds. The molecule has 3 nitrogen and oxygen atoms in total. The van der Waals surface area contributed by atoms with Crippen LogP contribution in [0.1, 0.15) is 58.3 Å². The summed E-state index contributed by atoms with van der Waals surface area (Å²) in [6.07, 6.45) is 8.69. The van der Waals surface area contributed by atoms with Crippen molar-refractivity contribution in [1.29, 1.82) is 5.26 Å². The Morgan fingerprint density at radius 1 is 1.38 bits per heavy atom. The number of nitrogens with one attached hydrogen (secondary N) is 1. The van der Waals surface area contributed by atoms with Crippen LogP contribution >= 0.6 is 0 Å². The van der Waals surface area contributed by atoms with Crippen molar-refractivity contribution in [2.45, 2.75) is 64.3 Å².